The van der Waals surface area contributed by atoms with Crippen LogP contribution in [0.2, 0.25) is 0 Å². The van der Waals surface area contributed by atoms with Crippen molar-refractivity contribution in [2.24, 2.45) is 0 Å². The molecule has 0 radical (unpaired) electrons. The van der Waals surface area contributed by atoms with E-state index in [1.807, 2.05) is 29.2 Å². The molecule has 1 aromatic heterocycles. The van der Waals surface area contributed by atoms with Gasteiger partial charge in [-0.15, -0.1) is 0 Å². The van der Waals surface area contributed by atoms with Gasteiger partial charge < -0.3 is 9.64 Å². The summed E-state index contributed by atoms with van der Waals surface area (Å²) in [6, 6.07) is 7.74. The van der Waals surface area contributed by atoms with Gasteiger partial charge in [0.05, 0.1) is 18.8 Å². The van der Waals surface area contributed by atoms with Crippen LogP contribution in [0.3, 0.4) is 0 Å². The highest BCUT2D eigenvalue weighted by Crippen LogP contribution is 2.33. The molecular formula is C13H16N4O3. The number of para-hydroxylation sites is 2. The van der Waals surface area contributed by atoms with Crippen molar-refractivity contribution in [3.05, 3.63) is 30.0 Å². The zero-order valence-electron chi connectivity index (χ0n) is 11.2. The summed E-state index contributed by atoms with van der Waals surface area (Å²) in [6.45, 7) is 3.52. The van der Waals surface area contributed by atoms with Crippen molar-refractivity contribution in [1.82, 2.24) is 10.3 Å². The van der Waals surface area contributed by atoms with E-state index in [0.29, 0.717) is 24.7 Å². The minimum absolute atomic E-state index is 0.285. The maximum Gasteiger partial charge on any atom is 0.223 e. The Morgan fingerprint density at radius 3 is 3.05 bits per heavy atom. The maximum atomic E-state index is 9.94. The van der Waals surface area contributed by atoms with Crippen LogP contribution in [0, 0.1) is 0 Å². The van der Waals surface area contributed by atoms with Gasteiger partial charge in [-0.1, -0.05) is 24.2 Å². The van der Waals surface area contributed by atoms with E-state index in [2.05, 4.69) is 21.9 Å². The molecule has 106 valence electrons. The molecule has 0 saturated carbocycles. The number of aromatic nitrogens is 2. The predicted octanol–water partition coefficient (Wildman–Crippen LogP) is 2.03. The summed E-state index contributed by atoms with van der Waals surface area (Å²) in [5, 5.41) is 18.4. The van der Waals surface area contributed by atoms with E-state index < -0.39 is 0 Å². The van der Waals surface area contributed by atoms with Gasteiger partial charge in [0.15, 0.2) is 5.69 Å². The largest absolute Gasteiger partial charge is 0.491 e. The molecule has 7 heteroatoms. The van der Waals surface area contributed by atoms with Crippen LogP contribution in [0.25, 0.3) is 0 Å². The molecule has 2 heterocycles. The molecular weight excluding hydrogens is 260 g/mol. The summed E-state index contributed by atoms with van der Waals surface area (Å²) >= 11 is 0. The molecule has 20 heavy (non-hydrogen) atoms. The summed E-state index contributed by atoms with van der Waals surface area (Å²) in [4.78, 5) is 1.96. The number of hydrogen-bond donors (Lipinski definition) is 1. The van der Waals surface area contributed by atoms with Crippen molar-refractivity contribution in [2.45, 2.75) is 19.9 Å². The lowest BCUT2D eigenvalue weighted by Crippen LogP contribution is -2.40. The fourth-order valence-corrected chi connectivity index (χ4v) is 2.17. The zero-order chi connectivity index (χ0) is 13.9. The molecule has 0 bridgehead atoms. The highest BCUT2D eigenvalue weighted by molar-refractivity contribution is 5.61. The second kappa shape index (κ2) is 5.38. The first-order valence-corrected chi connectivity index (χ1v) is 6.54. The van der Waals surface area contributed by atoms with Gasteiger partial charge >= 0.3 is 0 Å². The van der Waals surface area contributed by atoms with Gasteiger partial charge in [0.1, 0.15) is 12.4 Å². The van der Waals surface area contributed by atoms with Gasteiger partial charge in [0, 0.05) is 0 Å². The van der Waals surface area contributed by atoms with Crippen molar-refractivity contribution < 1.29 is 14.6 Å². The molecule has 2 aromatic rings. The van der Waals surface area contributed by atoms with Crippen LogP contribution in [-0.2, 0) is 6.54 Å². The third kappa shape index (κ3) is 2.27. The second-order valence-electron chi connectivity index (χ2n) is 4.59. The number of hydroxylamine groups is 1. The standard InChI is InChI=1S/C13H16N4O3/c1-2-7-19-12-6-4-3-5-11(12)16-8-10-13(15-20-14-10)17(18)9-16/h3-6,18H,2,7-9H2,1H3. The van der Waals surface area contributed by atoms with E-state index in [1.54, 1.807) is 0 Å². The molecule has 7 nitrogen and oxygen atoms in total. The van der Waals surface area contributed by atoms with E-state index >= 15 is 0 Å². The number of nitrogens with zero attached hydrogens (tertiary/aromatic N) is 4. The van der Waals surface area contributed by atoms with Crippen LogP contribution in [0.5, 0.6) is 5.75 Å². The quantitative estimate of drug-likeness (QED) is 0.915. The average Bonchev–Trinajstić information content (AvgIpc) is 2.94. The first kappa shape index (κ1) is 12.7. The minimum atomic E-state index is 0.285. The molecule has 0 saturated heterocycles. The van der Waals surface area contributed by atoms with Gasteiger partial charge in [0.25, 0.3) is 0 Å². The zero-order valence-corrected chi connectivity index (χ0v) is 11.2. The molecule has 1 aliphatic rings. The number of ether oxygens (including phenoxy) is 1. The summed E-state index contributed by atoms with van der Waals surface area (Å²) in [5.41, 5.74) is 1.51. The number of anilines is 2. The van der Waals surface area contributed by atoms with Crippen LogP contribution in [0.1, 0.15) is 19.0 Å². The summed E-state index contributed by atoms with van der Waals surface area (Å²) < 4.78 is 10.4. The van der Waals surface area contributed by atoms with E-state index in [4.69, 9.17) is 4.74 Å². The number of hydrogen-bond acceptors (Lipinski definition) is 7. The Morgan fingerprint density at radius 2 is 2.20 bits per heavy atom. The molecule has 1 N–H and O–H groups in total. The van der Waals surface area contributed by atoms with E-state index in [-0.39, 0.29) is 6.67 Å². The molecule has 1 aliphatic heterocycles. The van der Waals surface area contributed by atoms with Crippen LogP contribution in [0.4, 0.5) is 11.5 Å². The van der Waals surface area contributed by atoms with Gasteiger partial charge in [-0.2, -0.15) is 0 Å². The molecule has 0 fully saturated rings. The van der Waals surface area contributed by atoms with E-state index in [1.165, 1.54) is 0 Å². The van der Waals surface area contributed by atoms with Crippen LogP contribution < -0.4 is 14.7 Å². The third-order valence-corrected chi connectivity index (χ3v) is 3.09. The summed E-state index contributed by atoms with van der Waals surface area (Å²) in [5.74, 6) is 1.16. The monoisotopic (exact) mass is 276 g/mol. The third-order valence-electron chi connectivity index (χ3n) is 3.09. The SMILES string of the molecule is CCCOc1ccccc1N1Cc2nonc2N(O)C1. The van der Waals surface area contributed by atoms with E-state index in [0.717, 1.165) is 22.9 Å². The normalized spacial score (nSPS) is 14.3. The first-order chi connectivity index (χ1) is 9.79. The predicted molar refractivity (Wildman–Crippen MR) is 71.8 cm³/mol. The number of benzene rings is 1. The lowest BCUT2D eigenvalue weighted by atomic mass is 10.2. The van der Waals surface area contributed by atoms with E-state index in [9.17, 15) is 5.21 Å². The Morgan fingerprint density at radius 1 is 1.35 bits per heavy atom. The molecule has 0 aliphatic carbocycles. The topological polar surface area (TPSA) is 74.9 Å². The Balaban J connectivity index is 1.87. The minimum Gasteiger partial charge on any atom is -0.491 e. The second-order valence-corrected chi connectivity index (χ2v) is 4.59. The van der Waals surface area contributed by atoms with Crippen LogP contribution >= 0.6 is 0 Å². The summed E-state index contributed by atoms with van der Waals surface area (Å²) in [6.07, 6.45) is 0.942. The molecule has 0 unspecified atom stereocenters. The molecule has 0 amide bonds. The van der Waals surface area contributed by atoms with Crippen molar-refractivity contribution in [3.63, 3.8) is 0 Å². The van der Waals surface area contributed by atoms with Gasteiger partial charge in [-0.25, -0.2) is 9.69 Å². The first-order valence-electron chi connectivity index (χ1n) is 6.54. The maximum absolute atomic E-state index is 9.94. The highest BCUT2D eigenvalue weighted by atomic mass is 16.6. The Bertz CT molecular complexity index is 587. The van der Waals surface area contributed by atoms with Gasteiger partial charge in [0.2, 0.25) is 5.82 Å². The van der Waals surface area contributed by atoms with Crippen molar-refractivity contribution in [2.75, 3.05) is 23.2 Å². The molecule has 0 atom stereocenters. The van der Waals surface area contributed by atoms with Crippen LogP contribution in [0.15, 0.2) is 28.9 Å². The molecule has 0 spiro atoms. The Labute approximate surface area is 116 Å². The van der Waals surface area contributed by atoms with Gasteiger partial charge in [-0.3, -0.25) is 5.21 Å². The lowest BCUT2D eigenvalue weighted by molar-refractivity contribution is 0.236. The number of rotatable bonds is 4. The van der Waals surface area contributed by atoms with Crippen molar-refractivity contribution >= 4 is 11.5 Å². The summed E-state index contributed by atoms with van der Waals surface area (Å²) in [7, 11) is 0. The fourth-order valence-electron chi connectivity index (χ4n) is 2.17. The van der Waals surface area contributed by atoms with Crippen molar-refractivity contribution in [3.8, 4) is 5.75 Å². The fraction of sp³-hybridized carbons (Fsp3) is 0.385. The molecule has 1 aromatic carbocycles. The highest BCUT2D eigenvalue weighted by Gasteiger charge is 2.28. The Hall–Kier alpha value is -2.28. The number of fused-ring (bicyclic) bond motifs is 1. The lowest BCUT2D eigenvalue weighted by Gasteiger charge is -2.32. The Kier molecular flexibility index (Phi) is 3.42. The van der Waals surface area contributed by atoms with Crippen molar-refractivity contribution in [1.29, 1.82) is 0 Å². The smallest absolute Gasteiger partial charge is 0.223 e. The van der Waals surface area contributed by atoms with Gasteiger partial charge in [-0.05, 0) is 23.7 Å². The van der Waals surface area contributed by atoms with Crippen LogP contribution in [-0.4, -0.2) is 28.8 Å². The molecule has 3 rings (SSSR count). The average molecular weight is 276 g/mol.